The average molecular weight is 441 g/mol. The van der Waals surface area contributed by atoms with E-state index in [9.17, 15) is 4.79 Å². The fourth-order valence-corrected chi connectivity index (χ4v) is 3.32. The Morgan fingerprint density at radius 2 is 1.73 bits per heavy atom. The number of amides is 1. The van der Waals surface area contributed by atoms with Crippen LogP contribution in [0.25, 0.3) is 22.5 Å². The topological polar surface area (TPSA) is 171 Å². The van der Waals surface area contributed by atoms with Gasteiger partial charge in [-0.05, 0) is 19.1 Å². The van der Waals surface area contributed by atoms with E-state index in [1.54, 1.807) is 43.7 Å². The number of hydrogen-bond donors (Lipinski definition) is 5. The van der Waals surface area contributed by atoms with Gasteiger partial charge in [0.1, 0.15) is 0 Å². The zero-order chi connectivity index (χ0) is 23.4. The summed E-state index contributed by atoms with van der Waals surface area (Å²) in [6.45, 7) is 1.80. The van der Waals surface area contributed by atoms with Crippen LogP contribution in [0.15, 0.2) is 67.1 Å². The number of aromatic nitrogens is 4. The van der Waals surface area contributed by atoms with Gasteiger partial charge in [0, 0.05) is 23.5 Å². The molecule has 10 nitrogen and oxygen atoms in total. The fraction of sp³-hybridized carbons (Fsp3) is 0.0870. The van der Waals surface area contributed by atoms with Crippen molar-refractivity contribution in [3.63, 3.8) is 0 Å². The van der Waals surface area contributed by atoms with Crippen molar-refractivity contribution in [1.82, 2.24) is 25.3 Å². The molecule has 0 fully saturated rings. The summed E-state index contributed by atoms with van der Waals surface area (Å²) in [5.41, 5.74) is 18.8. The quantitative estimate of drug-likeness (QED) is 0.171. The number of nitrogens with zero attached hydrogens (tertiary/aromatic N) is 4. The zero-order valence-electron chi connectivity index (χ0n) is 17.9. The highest BCUT2D eigenvalue weighted by molar-refractivity contribution is 5.98. The van der Waals surface area contributed by atoms with E-state index >= 15 is 0 Å². The van der Waals surface area contributed by atoms with E-state index in [1.807, 2.05) is 30.3 Å². The number of carbonyl (C=O) groups is 1. The molecule has 0 aliphatic rings. The number of nitrogens with two attached hydrogens (primary N) is 3. The minimum atomic E-state index is -0.480. The van der Waals surface area contributed by atoms with Crippen LogP contribution in [0.2, 0.25) is 0 Å². The Hall–Kier alpha value is -4.57. The van der Waals surface area contributed by atoms with Crippen molar-refractivity contribution in [2.75, 3.05) is 16.9 Å². The molecule has 1 amide bonds. The zero-order valence-corrected chi connectivity index (χ0v) is 17.9. The molecule has 8 N–H and O–H groups in total. The van der Waals surface area contributed by atoms with Crippen LogP contribution in [0.4, 0.5) is 17.2 Å². The minimum Gasteiger partial charge on any atom is -0.397 e. The number of carbonyl (C=O) groups excluding carboxylic acids is 1. The Morgan fingerprint density at radius 1 is 0.970 bits per heavy atom. The highest BCUT2D eigenvalue weighted by Crippen LogP contribution is 2.33. The monoisotopic (exact) mass is 441 g/mol. The first-order valence-corrected chi connectivity index (χ1v) is 10.1. The van der Waals surface area contributed by atoms with Crippen molar-refractivity contribution in [3.05, 3.63) is 78.5 Å². The third-order valence-electron chi connectivity index (χ3n) is 5.04. The maximum atomic E-state index is 13.1. The summed E-state index contributed by atoms with van der Waals surface area (Å²) in [4.78, 5) is 30.5. The predicted molar refractivity (Wildman–Crippen MR) is 127 cm³/mol. The average Bonchev–Trinajstić information content (AvgIpc) is 2.85. The highest BCUT2D eigenvalue weighted by Gasteiger charge is 2.22. The molecule has 0 aliphatic carbocycles. The lowest BCUT2D eigenvalue weighted by molar-refractivity contribution is 0.0935. The number of hydrazine groups is 1. The predicted octanol–water partition coefficient (Wildman–Crippen LogP) is 2.54. The molecule has 1 unspecified atom stereocenters. The van der Waals surface area contributed by atoms with E-state index in [0.717, 1.165) is 5.56 Å². The van der Waals surface area contributed by atoms with Gasteiger partial charge in [0.05, 0.1) is 40.7 Å². The van der Waals surface area contributed by atoms with Gasteiger partial charge in [-0.1, -0.05) is 36.4 Å². The summed E-state index contributed by atoms with van der Waals surface area (Å²) in [7, 11) is 0. The van der Waals surface area contributed by atoms with Gasteiger partial charge < -0.3 is 22.2 Å². The molecular formula is C23H23N9O. The number of benzene rings is 2. The summed E-state index contributed by atoms with van der Waals surface area (Å²) in [5.74, 6) is 5.13. The molecule has 2 aromatic heterocycles. The van der Waals surface area contributed by atoms with E-state index in [2.05, 4.69) is 30.7 Å². The first kappa shape index (κ1) is 21.7. The van der Waals surface area contributed by atoms with E-state index in [-0.39, 0.29) is 11.5 Å². The highest BCUT2D eigenvalue weighted by atomic mass is 16.2. The Bertz CT molecular complexity index is 1280. The number of nitrogens with one attached hydrogen (secondary N) is 2. The Morgan fingerprint density at radius 3 is 2.42 bits per heavy atom. The van der Waals surface area contributed by atoms with Crippen LogP contribution in [0.3, 0.4) is 0 Å². The third-order valence-corrected chi connectivity index (χ3v) is 5.04. The van der Waals surface area contributed by atoms with E-state index < -0.39 is 11.9 Å². The molecule has 2 aromatic carbocycles. The van der Waals surface area contributed by atoms with Gasteiger partial charge >= 0.3 is 0 Å². The molecule has 0 spiro atoms. The van der Waals surface area contributed by atoms with Crippen LogP contribution >= 0.6 is 0 Å². The second kappa shape index (κ2) is 9.28. The SMILES string of the molecule is CC(NC(=O)c1nc(-c2ccc(N)c(NN)c2)c(-c2ccccc2)nc1N)c1cnccn1. The second-order valence-electron chi connectivity index (χ2n) is 7.29. The van der Waals surface area contributed by atoms with Gasteiger partial charge in [-0.2, -0.15) is 0 Å². The maximum Gasteiger partial charge on any atom is 0.274 e. The molecule has 1 atom stereocenters. The summed E-state index contributed by atoms with van der Waals surface area (Å²) in [6, 6.07) is 14.3. The molecule has 10 heteroatoms. The Labute approximate surface area is 190 Å². The first-order chi connectivity index (χ1) is 16.0. The number of anilines is 3. The number of nitrogen functional groups attached to an aromatic ring is 3. The molecule has 4 aromatic rings. The number of hydrogen-bond acceptors (Lipinski definition) is 9. The largest absolute Gasteiger partial charge is 0.397 e. The van der Waals surface area contributed by atoms with Crippen LogP contribution in [0, 0.1) is 0 Å². The molecule has 0 bridgehead atoms. The lowest BCUT2D eigenvalue weighted by Crippen LogP contribution is -2.29. The maximum absolute atomic E-state index is 13.1. The van der Waals surface area contributed by atoms with Crippen LogP contribution in [-0.4, -0.2) is 25.8 Å². The van der Waals surface area contributed by atoms with Gasteiger partial charge in [0.15, 0.2) is 11.5 Å². The van der Waals surface area contributed by atoms with Gasteiger partial charge in [-0.15, -0.1) is 0 Å². The number of rotatable bonds is 6. The molecule has 0 saturated carbocycles. The van der Waals surface area contributed by atoms with Crippen molar-refractivity contribution in [2.45, 2.75) is 13.0 Å². The molecule has 2 heterocycles. The van der Waals surface area contributed by atoms with Gasteiger partial charge in [0.2, 0.25) is 0 Å². The molecule has 0 aliphatic heterocycles. The van der Waals surface area contributed by atoms with Crippen molar-refractivity contribution in [3.8, 4) is 22.5 Å². The molecule has 0 radical (unpaired) electrons. The third kappa shape index (κ3) is 4.55. The van der Waals surface area contributed by atoms with Crippen LogP contribution in [-0.2, 0) is 0 Å². The van der Waals surface area contributed by atoms with Crippen LogP contribution in [0.5, 0.6) is 0 Å². The molecule has 4 rings (SSSR count). The second-order valence-corrected chi connectivity index (χ2v) is 7.29. The van der Waals surface area contributed by atoms with Crippen LogP contribution in [0.1, 0.15) is 29.1 Å². The summed E-state index contributed by atoms with van der Waals surface area (Å²) in [6.07, 6.45) is 4.70. The molecule has 0 saturated heterocycles. The van der Waals surface area contributed by atoms with E-state index in [0.29, 0.717) is 34.0 Å². The van der Waals surface area contributed by atoms with Crippen molar-refractivity contribution in [1.29, 1.82) is 0 Å². The van der Waals surface area contributed by atoms with E-state index in [1.165, 1.54) is 0 Å². The Kier molecular flexibility index (Phi) is 6.09. The molecule has 33 heavy (non-hydrogen) atoms. The van der Waals surface area contributed by atoms with Crippen molar-refractivity contribution >= 4 is 23.1 Å². The standard InChI is InChI=1S/C23H23N9O/c1-13(18-12-27-9-10-28-18)29-23(33)21-22(25)31-19(14-5-3-2-4-6-14)20(30-21)15-7-8-16(24)17(11-15)32-26/h2-13,32H,24,26H2,1H3,(H2,25,31)(H,29,33). The summed E-state index contributed by atoms with van der Waals surface area (Å²) < 4.78 is 0. The summed E-state index contributed by atoms with van der Waals surface area (Å²) in [5, 5.41) is 2.85. The fourth-order valence-electron chi connectivity index (χ4n) is 3.32. The summed E-state index contributed by atoms with van der Waals surface area (Å²) >= 11 is 0. The smallest absolute Gasteiger partial charge is 0.274 e. The Balaban J connectivity index is 1.80. The van der Waals surface area contributed by atoms with E-state index in [4.69, 9.17) is 17.3 Å². The lowest BCUT2D eigenvalue weighted by atomic mass is 10.0. The van der Waals surface area contributed by atoms with Gasteiger partial charge in [-0.3, -0.25) is 20.6 Å². The lowest BCUT2D eigenvalue weighted by Gasteiger charge is -2.16. The molecular weight excluding hydrogens is 418 g/mol. The van der Waals surface area contributed by atoms with Crippen LogP contribution < -0.4 is 28.1 Å². The normalized spacial score (nSPS) is 11.6. The minimum absolute atomic E-state index is 0.000459. The first-order valence-electron chi connectivity index (χ1n) is 10.1. The van der Waals surface area contributed by atoms with Gasteiger partial charge in [0.25, 0.3) is 5.91 Å². The van der Waals surface area contributed by atoms with Gasteiger partial charge in [-0.25, -0.2) is 9.97 Å². The van der Waals surface area contributed by atoms with Crippen molar-refractivity contribution in [2.24, 2.45) is 5.84 Å². The molecule has 166 valence electrons. The van der Waals surface area contributed by atoms with Crippen molar-refractivity contribution < 1.29 is 4.79 Å².